The van der Waals surface area contributed by atoms with E-state index in [2.05, 4.69) is 10.3 Å². The van der Waals surface area contributed by atoms with Gasteiger partial charge in [0.1, 0.15) is 0 Å². The molecule has 6 heteroatoms. The second-order valence-electron chi connectivity index (χ2n) is 3.93. The number of rotatable bonds is 5. The maximum Gasteiger partial charge on any atom is 0.311 e. The first-order valence-electron chi connectivity index (χ1n) is 5.74. The average molecular weight is 278 g/mol. The van der Waals surface area contributed by atoms with E-state index in [0.717, 1.165) is 12.0 Å². The van der Waals surface area contributed by atoms with E-state index in [0.29, 0.717) is 17.4 Å². The fourth-order valence-corrected chi connectivity index (χ4v) is 1.78. The van der Waals surface area contributed by atoms with Crippen LogP contribution in [0.15, 0.2) is 42.6 Å². The van der Waals surface area contributed by atoms with E-state index in [4.69, 9.17) is 11.6 Å². The highest BCUT2D eigenvalue weighted by molar-refractivity contribution is 6.30. The molecule has 0 unspecified atom stereocenters. The monoisotopic (exact) mass is 277 g/mol. The van der Waals surface area contributed by atoms with Crippen LogP contribution in [0.3, 0.4) is 0 Å². The van der Waals surface area contributed by atoms with Crippen molar-refractivity contribution < 1.29 is 4.92 Å². The van der Waals surface area contributed by atoms with Crippen LogP contribution in [0.25, 0.3) is 0 Å². The third-order valence-electron chi connectivity index (χ3n) is 2.60. The van der Waals surface area contributed by atoms with Crippen molar-refractivity contribution in [2.24, 2.45) is 0 Å². The molecule has 1 aromatic carbocycles. The molecule has 0 fully saturated rings. The molecule has 0 bridgehead atoms. The Morgan fingerprint density at radius 3 is 2.68 bits per heavy atom. The Morgan fingerprint density at radius 1 is 1.26 bits per heavy atom. The van der Waals surface area contributed by atoms with Gasteiger partial charge in [-0.2, -0.15) is 0 Å². The summed E-state index contributed by atoms with van der Waals surface area (Å²) >= 11 is 5.80. The van der Waals surface area contributed by atoms with Gasteiger partial charge < -0.3 is 5.32 Å². The van der Waals surface area contributed by atoms with Crippen LogP contribution >= 0.6 is 11.6 Å². The van der Waals surface area contributed by atoms with Crippen molar-refractivity contribution in [2.75, 3.05) is 11.9 Å². The Hall–Kier alpha value is -2.14. The van der Waals surface area contributed by atoms with Gasteiger partial charge in [0.2, 0.25) is 5.82 Å². The largest absolute Gasteiger partial charge is 0.364 e. The quantitative estimate of drug-likeness (QED) is 0.672. The van der Waals surface area contributed by atoms with E-state index >= 15 is 0 Å². The van der Waals surface area contributed by atoms with Crippen LogP contribution in [0.1, 0.15) is 5.56 Å². The Labute approximate surface area is 115 Å². The zero-order chi connectivity index (χ0) is 13.7. The number of hydrogen-bond donors (Lipinski definition) is 1. The Balaban J connectivity index is 1.96. The van der Waals surface area contributed by atoms with Crippen molar-refractivity contribution in [3.63, 3.8) is 0 Å². The molecule has 2 rings (SSSR count). The van der Waals surface area contributed by atoms with Gasteiger partial charge in [0.25, 0.3) is 0 Å². The summed E-state index contributed by atoms with van der Waals surface area (Å²) in [5, 5.41) is 14.5. The zero-order valence-corrected chi connectivity index (χ0v) is 10.8. The summed E-state index contributed by atoms with van der Waals surface area (Å²) < 4.78 is 0. The van der Waals surface area contributed by atoms with Crippen LogP contribution < -0.4 is 5.32 Å². The predicted molar refractivity (Wildman–Crippen MR) is 74.5 cm³/mol. The first-order chi connectivity index (χ1) is 9.16. The second kappa shape index (κ2) is 6.15. The molecule has 19 heavy (non-hydrogen) atoms. The lowest BCUT2D eigenvalue weighted by atomic mass is 10.1. The highest BCUT2D eigenvalue weighted by atomic mass is 35.5. The maximum atomic E-state index is 10.8. The fraction of sp³-hybridized carbons (Fsp3) is 0.154. The molecule has 0 spiro atoms. The zero-order valence-electron chi connectivity index (χ0n) is 10.0. The van der Waals surface area contributed by atoms with Crippen molar-refractivity contribution in [3.05, 3.63) is 63.3 Å². The van der Waals surface area contributed by atoms with Crippen LogP contribution in [-0.2, 0) is 6.42 Å². The molecule has 5 nitrogen and oxygen atoms in total. The van der Waals surface area contributed by atoms with Crippen LogP contribution in [0, 0.1) is 10.1 Å². The molecule has 0 saturated heterocycles. The summed E-state index contributed by atoms with van der Waals surface area (Å²) in [6.07, 6.45) is 2.27. The van der Waals surface area contributed by atoms with E-state index in [-0.39, 0.29) is 5.69 Å². The molecule has 1 aromatic heterocycles. The van der Waals surface area contributed by atoms with Gasteiger partial charge in [-0.1, -0.05) is 23.7 Å². The van der Waals surface area contributed by atoms with Crippen LogP contribution in [-0.4, -0.2) is 16.5 Å². The number of aromatic nitrogens is 1. The SMILES string of the molecule is O=[N+]([O-])c1cccnc1NCCc1ccc(Cl)cc1. The number of halogens is 1. The summed E-state index contributed by atoms with van der Waals surface area (Å²) in [6, 6.07) is 10.5. The van der Waals surface area contributed by atoms with Crippen molar-refractivity contribution in [3.8, 4) is 0 Å². The summed E-state index contributed by atoms with van der Waals surface area (Å²) in [6.45, 7) is 0.569. The fourth-order valence-electron chi connectivity index (χ4n) is 1.66. The third kappa shape index (κ3) is 3.66. The van der Waals surface area contributed by atoms with Crippen LogP contribution in [0.5, 0.6) is 0 Å². The molecule has 2 aromatic rings. The Bertz CT molecular complexity index is 572. The minimum absolute atomic E-state index is 0.0152. The van der Waals surface area contributed by atoms with Gasteiger partial charge in [0.05, 0.1) is 4.92 Å². The van der Waals surface area contributed by atoms with E-state index in [1.807, 2.05) is 24.3 Å². The van der Waals surface area contributed by atoms with Crippen LogP contribution in [0.2, 0.25) is 5.02 Å². The molecule has 1 N–H and O–H groups in total. The number of pyridine rings is 1. The number of nitrogens with one attached hydrogen (secondary N) is 1. The van der Waals surface area contributed by atoms with Crippen molar-refractivity contribution >= 4 is 23.1 Å². The molecule has 0 amide bonds. The van der Waals surface area contributed by atoms with Gasteiger partial charge in [-0.25, -0.2) is 4.98 Å². The molecule has 1 heterocycles. The number of anilines is 1. The molecule has 0 radical (unpaired) electrons. The summed E-state index contributed by atoms with van der Waals surface area (Å²) in [7, 11) is 0. The third-order valence-corrected chi connectivity index (χ3v) is 2.85. The van der Waals surface area contributed by atoms with Crippen LogP contribution in [0.4, 0.5) is 11.5 Å². The van der Waals surface area contributed by atoms with E-state index in [9.17, 15) is 10.1 Å². The first kappa shape index (κ1) is 13.3. The number of benzene rings is 1. The highest BCUT2D eigenvalue weighted by Gasteiger charge is 2.12. The molecule has 0 atom stereocenters. The summed E-state index contributed by atoms with van der Waals surface area (Å²) in [4.78, 5) is 14.3. The topological polar surface area (TPSA) is 68.1 Å². The summed E-state index contributed by atoms with van der Waals surface area (Å²) in [5.41, 5.74) is 1.09. The van der Waals surface area contributed by atoms with Crippen molar-refractivity contribution in [2.45, 2.75) is 6.42 Å². The normalized spacial score (nSPS) is 10.2. The van der Waals surface area contributed by atoms with Gasteiger partial charge in [0, 0.05) is 23.8 Å². The summed E-state index contributed by atoms with van der Waals surface area (Å²) in [5.74, 6) is 0.293. The number of nitrogens with zero attached hydrogens (tertiary/aromatic N) is 2. The Morgan fingerprint density at radius 2 is 2.00 bits per heavy atom. The van der Waals surface area contributed by atoms with E-state index in [1.165, 1.54) is 12.3 Å². The molecule has 0 aliphatic heterocycles. The van der Waals surface area contributed by atoms with E-state index < -0.39 is 4.92 Å². The standard InChI is InChI=1S/C13H12ClN3O2/c14-11-5-3-10(4-6-11)7-9-16-13-12(17(18)19)2-1-8-15-13/h1-6,8H,7,9H2,(H,15,16). The lowest BCUT2D eigenvalue weighted by molar-refractivity contribution is -0.384. The smallest absolute Gasteiger partial charge is 0.311 e. The number of nitro groups is 1. The minimum atomic E-state index is -0.447. The Kier molecular flexibility index (Phi) is 4.30. The lowest BCUT2D eigenvalue weighted by Crippen LogP contribution is -2.08. The van der Waals surface area contributed by atoms with Gasteiger partial charge in [-0.3, -0.25) is 10.1 Å². The maximum absolute atomic E-state index is 10.8. The molecule has 0 aliphatic rings. The minimum Gasteiger partial charge on any atom is -0.364 e. The van der Waals surface area contributed by atoms with Gasteiger partial charge >= 0.3 is 5.69 Å². The van der Waals surface area contributed by atoms with Crippen molar-refractivity contribution in [1.82, 2.24) is 4.98 Å². The number of hydrogen-bond acceptors (Lipinski definition) is 4. The van der Waals surface area contributed by atoms with Gasteiger partial charge in [-0.15, -0.1) is 0 Å². The lowest BCUT2D eigenvalue weighted by Gasteiger charge is -2.06. The molecular weight excluding hydrogens is 266 g/mol. The molecule has 0 aliphatic carbocycles. The van der Waals surface area contributed by atoms with Crippen molar-refractivity contribution in [1.29, 1.82) is 0 Å². The first-order valence-corrected chi connectivity index (χ1v) is 6.12. The molecule has 0 saturated carbocycles. The highest BCUT2D eigenvalue weighted by Crippen LogP contribution is 2.20. The van der Waals surface area contributed by atoms with E-state index in [1.54, 1.807) is 6.07 Å². The predicted octanol–water partition coefficient (Wildman–Crippen LogP) is 3.30. The second-order valence-corrected chi connectivity index (χ2v) is 4.37. The van der Waals surface area contributed by atoms with Gasteiger partial charge in [-0.05, 0) is 30.2 Å². The van der Waals surface area contributed by atoms with Gasteiger partial charge in [0.15, 0.2) is 0 Å². The average Bonchev–Trinajstić information content (AvgIpc) is 2.41. The molecular formula is C13H12ClN3O2. The molecule has 98 valence electrons.